The van der Waals surface area contributed by atoms with Crippen molar-refractivity contribution in [2.75, 3.05) is 18.9 Å². The molecule has 0 saturated heterocycles. The molecule has 0 aliphatic carbocycles. The van der Waals surface area contributed by atoms with E-state index in [4.69, 9.17) is 22.1 Å². The number of anilines is 1. The first kappa shape index (κ1) is 14.7. The lowest BCUT2D eigenvalue weighted by atomic mass is 10.1. The van der Waals surface area contributed by atoms with Crippen LogP contribution in [0.1, 0.15) is 19.8 Å². The van der Waals surface area contributed by atoms with Crippen molar-refractivity contribution in [3.63, 3.8) is 0 Å². The van der Waals surface area contributed by atoms with Crippen molar-refractivity contribution in [2.45, 2.75) is 26.3 Å². The highest BCUT2D eigenvalue weighted by atomic mass is 35.5. The monoisotopic (exact) mass is 295 g/mol. The molecular formula is C13H18ClN5O. The van der Waals surface area contributed by atoms with Crippen LogP contribution >= 0.6 is 11.6 Å². The first-order valence-electron chi connectivity index (χ1n) is 6.61. The van der Waals surface area contributed by atoms with E-state index in [0.717, 1.165) is 25.0 Å². The summed E-state index contributed by atoms with van der Waals surface area (Å²) in [5, 5.41) is 12.3. The average molecular weight is 296 g/mol. The second kappa shape index (κ2) is 7.21. The zero-order chi connectivity index (χ0) is 14.4. The van der Waals surface area contributed by atoms with Gasteiger partial charge in [0.1, 0.15) is 0 Å². The summed E-state index contributed by atoms with van der Waals surface area (Å²) < 4.78 is 7.17. The number of nitrogens with zero attached hydrogens (tertiary/aromatic N) is 4. The minimum absolute atomic E-state index is 0.566. The van der Waals surface area contributed by atoms with E-state index in [9.17, 15) is 0 Å². The van der Waals surface area contributed by atoms with Gasteiger partial charge in [0, 0.05) is 36.0 Å². The number of nitrogen functional groups attached to an aromatic ring is 1. The molecule has 2 aromatic rings. The molecule has 0 aliphatic rings. The number of aryl methyl sites for hydroxylation is 1. The molecule has 1 aromatic heterocycles. The van der Waals surface area contributed by atoms with E-state index in [0.29, 0.717) is 29.7 Å². The van der Waals surface area contributed by atoms with Gasteiger partial charge in [0.05, 0.1) is 0 Å². The van der Waals surface area contributed by atoms with E-state index >= 15 is 0 Å². The average Bonchev–Trinajstić information content (AvgIpc) is 2.87. The van der Waals surface area contributed by atoms with Crippen molar-refractivity contribution in [2.24, 2.45) is 0 Å². The van der Waals surface area contributed by atoms with Crippen LogP contribution in [0.2, 0.25) is 5.02 Å². The van der Waals surface area contributed by atoms with Crippen molar-refractivity contribution in [1.29, 1.82) is 0 Å². The summed E-state index contributed by atoms with van der Waals surface area (Å²) in [7, 11) is 0. The van der Waals surface area contributed by atoms with Crippen molar-refractivity contribution in [3.05, 3.63) is 23.2 Å². The summed E-state index contributed by atoms with van der Waals surface area (Å²) in [6.07, 6.45) is 1.88. The van der Waals surface area contributed by atoms with Crippen LogP contribution in [-0.4, -0.2) is 33.4 Å². The molecule has 108 valence electrons. The molecule has 1 heterocycles. The van der Waals surface area contributed by atoms with E-state index in [1.54, 1.807) is 16.8 Å². The smallest absolute Gasteiger partial charge is 0.184 e. The Balaban J connectivity index is 2.04. The normalized spacial score (nSPS) is 10.9. The third-order valence-electron chi connectivity index (χ3n) is 2.79. The predicted octanol–water partition coefficient (Wildman–Crippen LogP) is 2.39. The van der Waals surface area contributed by atoms with E-state index in [-0.39, 0.29) is 0 Å². The molecule has 0 amide bonds. The summed E-state index contributed by atoms with van der Waals surface area (Å²) in [5.41, 5.74) is 7.31. The lowest BCUT2D eigenvalue weighted by Crippen LogP contribution is -2.07. The van der Waals surface area contributed by atoms with Crippen LogP contribution < -0.4 is 5.73 Å². The fourth-order valence-corrected chi connectivity index (χ4v) is 2.03. The Labute approximate surface area is 122 Å². The van der Waals surface area contributed by atoms with Crippen LogP contribution in [0.4, 0.5) is 5.69 Å². The lowest BCUT2D eigenvalue weighted by Gasteiger charge is -2.07. The van der Waals surface area contributed by atoms with Gasteiger partial charge in [0.2, 0.25) is 0 Å². The highest BCUT2D eigenvalue weighted by Gasteiger charge is 2.11. The van der Waals surface area contributed by atoms with Crippen LogP contribution in [0.15, 0.2) is 18.2 Å². The van der Waals surface area contributed by atoms with Gasteiger partial charge in [-0.3, -0.25) is 0 Å². The van der Waals surface area contributed by atoms with Crippen LogP contribution in [-0.2, 0) is 11.3 Å². The van der Waals surface area contributed by atoms with Crippen molar-refractivity contribution < 1.29 is 4.74 Å². The Kier molecular flexibility index (Phi) is 5.31. The van der Waals surface area contributed by atoms with Crippen LogP contribution in [0, 0.1) is 0 Å². The number of halogens is 1. The molecule has 0 spiro atoms. The Morgan fingerprint density at radius 1 is 1.35 bits per heavy atom. The van der Waals surface area contributed by atoms with Gasteiger partial charge in [0.15, 0.2) is 5.82 Å². The third-order valence-corrected chi connectivity index (χ3v) is 3.03. The topological polar surface area (TPSA) is 78.8 Å². The quantitative estimate of drug-likeness (QED) is 0.627. The second-order valence-corrected chi connectivity index (χ2v) is 4.86. The number of ether oxygens (including phenoxy) is 1. The van der Waals surface area contributed by atoms with Gasteiger partial charge in [0.25, 0.3) is 0 Å². The SMILES string of the molecule is CCCOCCCn1nnnc1-c1ccc(Cl)cc1N. The highest BCUT2D eigenvalue weighted by molar-refractivity contribution is 6.31. The molecule has 0 unspecified atom stereocenters. The maximum atomic E-state index is 5.96. The van der Waals surface area contributed by atoms with Crippen LogP contribution in [0.3, 0.4) is 0 Å². The van der Waals surface area contributed by atoms with E-state index < -0.39 is 0 Å². The molecule has 0 atom stereocenters. The number of rotatable bonds is 7. The van der Waals surface area contributed by atoms with Gasteiger partial charge in [-0.2, -0.15) is 0 Å². The molecule has 2 N–H and O–H groups in total. The number of aromatic nitrogens is 4. The Morgan fingerprint density at radius 2 is 2.20 bits per heavy atom. The number of hydrogen-bond acceptors (Lipinski definition) is 5. The largest absolute Gasteiger partial charge is 0.398 e. The third kappa shape index (κ3) is 3.68. The van der Waals surface area contributed by atoms with Gasteiger partial charge in [-0.25, -0.2) is 4.68 Å². The number of benzene rings is 1. The zero-order valence-electron chi connectivity index (χ0n) is 11.4. The van der Waals surface area contributed by atoms with Crippen molar-refractivity contribution >= 4 is 17.3 Å². The lowest BCUT2D eigenvalue weighted by molar-refractivity contribution is 0.128. The molecule has 6 nitrogen and oxygen atoms in total. The molecular weight excluding hydrogens is 278 g/mol. The predicted molar refractivity (Wildman–Crippen MR) is 78.4 cm³/mol. The van der Waals surface area contributed by atoms with E-state index in [2.05, 4.69) is 22.4 Å². The van der Waals surface area contributed by atoms with Gasteiger partial charge in [-0.15, -0.1) is 5.10 Å². The number of nitrogens with two attached hydrogens (primary N) is 1. The van der Waals surface area contributed by atoms with Gasteiger partial charge in [-0.1, -0.05) is 18.5 Å². The summed E-state index contributed by atoms with van der Waals surface area (Å²) in [5.74, 6) is 0.648. The van der Waals surface area contributed by atoms with Gasteiger partial charge in [-0.05, 0) is 41.5 Å². The minimum Gasteiger partial charge on any atom is -0.398 e. The van der Waals surface area contributed by atoms with Crippen LogP contribution in [0.5, 0.6) is 0 Å². The fourth-order valence-electron chi connectivity index (χ4n) is 1.85. The Morgan fingerprint density at radius 3 is 2.95 bits per heavy atom. The molecule has 1 aromatic carbocycles. The summed E-state index contributed by atoms with van der Waals surface area (Å²) in [4.78, 5) is 0. The molecule has 0 radical (unpaired) electrons. The summed E-state index contributed by atoms with van der Waals surface area (Å²) in [6.45, 7) is 4.26. The van der Waals surface area contributed by atoms with Crippen LogP contribution in [0.25, 0.3) is 11.4 Å². The second-order valence-electron chi connectivity index (χ2n) is 4.42. The Hall–Kier alpha value is -1.66. The summed E-state index contributed by atoms with van der Waals surface area (Å²) >= 11 is 5.90. The maximum absolute atomic E-state index is 5.96. The standard InChI is InChI=1S/C13H18ClN5O/c1-2-7-20-8-3-6-19-13(16-17-18-19)11-5-4-10(14)9-12(11)15/h4-5,9H,2-3,6-8,15H2,1H3. The van der Waals surface area contributed by atoms with E-state index in [1.165, 1.54) is 0 Å². The molecule has 2 rings (SSSR count). The van der Waals surface area contributed by atoms with Crippen molar-refractivity contribution in [1.82, 2.24) is 20.2 Å². The molecule has 0 bridgehead atoms. The zero-order valence-corrected chi connectivity index (χ0v) is 12.2. The maximum Gasteiger partial charge on any atom is 0.184 e. The molecule has 20 heavy (non-hydrogen) atoms. The molecule has 0 saturated carbocycles. The van der Waals surface area contributed by atoms with E-state index in [1.807, 2.05) is 6.07 Å². The molecule has 0 aliphatic heterocycles. The van der Waals surface area contributed by atoms with Crippen molar-refractivity contribution in [3.8, 4) is 11.4 Å². The Bertz CT molecular complexity index is 557. The first-order chi connectivity index (χ1) is 9.72. The molecule has 7 heteroatoms. The number of hydrogen-bond donors (Lipinski definition) is 1. The van der Waals surface area contributed by atoms with Gasteiger partial charge < -0.3 is 10.5 Å². The highest BCUT2D eigenvalue weighted by Crippen LogP contribution is 2.26. The first-order valence-corrected chi connectivity index (χ1v) is 6.99. The summed E-state index contributed by atoms with van der Waals surface area (Å²) in [6, 6.07) is 5.30. The fraction of sp³-hybridized carbons (Fsp3) is 0.462. The van der Waals surface area contributed by atoms with Gasteiger partial charge >= 0.3 is 0 Å². The number of tetrazole rings is 1. The minimum atomic E-state index is 0.566. The molecule has 0 fully saturated rings.